The van der Waals surface area contributed by atoms with E-state index in [4.69, 9.17) is 15.2 Å². The molecule has 3 aliphatic rings. The van der Waals surface area contributed by atoms with Crippen molar-refractivity contribution in [1.82, 2.24) is 15.2 Å². The van der Waals surface area contributed by atoms with Gasteiger partial charge in [-0.3, -0.25) is 9.59 Å². The molecule has 6 rings (SSSR count). The normalized spacial score (nSPS) is 21.9. The first kappa shape index (κ1) is 22.9. The first-order valence-corrected chi connectivity index (χ1v) is 12.4. The third-order valence-electron chi connectivity index (χ3n) is 6.80. The highest BCUT2D eigenvalue weighted by Gasteiger charge is 2.54. The minimum Gasteiger partial charge on any atom is -0.466 e. The lowest BCUT2D eigenvalue weighted by Gasteiger charge is -2.28. The zero-order valence-electron chi connectivity index (χ0n) is 19.0. The quantitative estimate of drug-likeness (QED) is 0.542. The van der Waals surface area contributed by atoms with E-state index in [-0.39, 0.29) is 54.3 Å². The largest absolute Gasteiger partial charge is 0.466 e. The van der Waals surface area contributed by atoms with E-state index >= 15 is 0 Å². The topological polar surface area (TPSA) is 107 Å². The number of amides is 2. The van der Waals surface area contributed by atoms with Crippen molar-refractivity contribution in [2.75, 3.05) is 19.1 Å². The van der Waals surface area contributed by atoms with E-state index in [1.807, 2.05) is 0 Å². The van der Waals surface area contributed by atoms with Crippen molar-refractivity contribution in [2.24, 2.45) is 5.92 Å². The average Bonchev–Trinajstić information content (AvgIpc) is 3.35. The number of carbonyl (C=O) groups is 2. The molecule has 0 radical (unpaired) electrons. The third-order valence-corrected chi connectivity index (χ3v) is 7.73. The second-order valence-corrected chi connectivity index (χ2v) is 10.2. The number of anilines is 1. The van der Waals surface area contributed by atoms with Crippen LogP contribution in [0.2, 0.25) is 0 Å². The standard InChI is InChI=1S/C25H22F2N4O4S/c26-15-3-1-2-12(4-15)22-20(30-25(28)36-22)24(33)31-17(6-13-7-19(13)31)9-29-23(32)18-8-16(27)5-14-10-34-11-35-21(14)18/h1-5,8,13,17,19H,6-7,9-11H2,(H2,28,30)(H,29,32)/t13-,17+,19+/m1/s1. The number of fused-ring (bicyclic) bond motifs is 2. The Labute approximate surface area is 209 Å². The summed E-state index contributed by atoms with van der Waals surface area (Å²) in [6, 6.07) is 8.17. The first-order valence-electron chi connectivity index (χ1n) is 11.5. The molecule has 0 spiro atoms. The van der Waals surface area contributed by atoms with Crippen molar-refractivity contribution < 1.29 is 27.8 Å². The van der Waals surface area contributed by atoms with Crippen molar-refractivity contribution in [3.05, 3.63) is 64.9 Å². The van der Waals surface area contributed by atoms with Gasteiger partial charge in [-0.1, -0.05) is 23.5 Å². The number of carbonyl (C=O) groups excluding carboxylic acids is 2. The number of aromatic nitrogens is 1. The van der Waals surface area contributed by atoms with Gasteiger partial charge in [-0.25, -0.2) is 13.8 Å². The molecule has 1 saturated heterocycles. The molecule has 3 heterocycles. The summed E-state index contributed by atoms with van der Waals surface area (Å²) in [6.45, 7) is 0.331. The fourth-order valence-corrected chi connectivity index (χ4v) is 5.96. The number of nitrogens with zero attached hydrogens (tertiary/aromatic N) is 2. The summed E-state index contributed by atoms with van der Waals surface area (Å²) in [6.07, 6.45) is 1.62. The fourth-order valence-electron chi connectivity index (χ4n) is 5.14. The highest BCUT2D eigenvalue weighted by atomic mass is 32.1. The summed E-state index contributed by atoms with van der Waals surface area (Å²) >= 11 is 1.13. The van der Waals surface area contributed by atoms with Gasteiger partial charge in [-0.15, -0.1) is 0 Å². The van der Waals surface area contributed by atoms with Crippen LogP contribution in [0.3, 0.4) is 0 Å². The Balaban J connectivity index is 1.22. The molecule has 186 valence electrons. The van der Waals surface area contributed by atoms with Crippen LogP contribution in [-0.4, -0.2) is 47.1 Å². The van der Waals surface area contributed by atoms with Gasteiger partial charge in [0.15, 0.2) is 11.9 Å². The van der Waals surface area contributed by atoms with Gasteiger partial charge in [0, 0.05) is 18.2 Å². The molecular weight excluding hydrogens is 490 g/mol. The van der Waals surface area contributed by atoms with Gasteiger partial charge in [0.05, 0.1) is 23.1 Å². The molecule has 3 N–H and O–H groups in total. The smallest absolute Gasteiger partial charge is 0.274 e. The van der Waals surface area contributed by atoms with Crippen LogP contribution in [0.5, 0.6) is 5.75 Å². The Hall–Kier alpha value is -3.57. The highest BCUT2D eigenvalue weighted by molar-refractivity contribution is 7.19. The third kappa shape index (κ3) is 4.07. The van der Waals surface area contributed by atoms with E-state index in [1.54, 1.807) is 17.0 Å². The van der Waals surface area contributed by atoms with Gasteiger partial charge in [0.25, 0.3) is 11.8 Å². The van der Waals surface area contributed by atoms with Crippen LogP contribution in [-0.2, 0) is 11.3 Å². The van der Waals surface area contributed by atoms with Crippen LogP contribution in [0.15, 0.2) is 36.4 Å². The Morgan fingerprint density at radius 1 is 1.19 bits per heavy atom. The molecule has 36 heavy (non-hydrogen) atoms. The van der Waals surface area contributed by atoms with E-state index < -0.39 is 17.5 Å². The Morgan fingerprint density at radius 2 is 2.06 bits per heavy atom. The molecule has 1 saturated carbocycles. The molecule has 1 aromatic heterocycles. The molecule has 8 nitrogen and oxygen atoms in total. The van der Waals surface area contributed by atoms with Crippen LogP contribution in [0.1, 0.15) is 39.3 Å². The molecule has 2 aliphatic heterocycles. The number of nitrogen functional groups attached to an aromatic ring is 1. The van der Waals surface area contributed by atoms with E-state index in [2.05, 4.69) is 10.3 Å². The monoisotopic (exact) mass is 512 g/mol. The summed E-state index contributed by atoms with van der Waals surface area (Å²) < 4.78 is 38.6. The van der Waals surface area contributed by atoms with Crippen molar-refractivity contribution in [3.63, 3.8) is 0 Å². The Morgan fingerprint density at radius 3 is 2.89 bits per heavy atom. The van der Waals surface area contributed by atoms with Gasteiger partial charge >= 0.3 is 0 Å². The predicted molar refractivity (Wildman–Crippen MR) is 127 cm³/mol. The molecule has 2 fully saturated rings. The summed E-state index contributed by atoms with van der Waals surface area (Å²) in [5.74, 6) is -1.10. The number of hydrogen-bond acceptors (Lipinski definition) is 7. The molecule has 2 aromatic carbocycles. The number of benzene rings is 2. The lowest BCUT2D eigenvalue weighted by Crippen LogP contribution is -2.45. The number of piperidine rings is 1. The van der Waals surface area contributed by atoms with E-state index in [9.17, 15) is 18.4 Å². The van der Waals surface area contributed by atoms with E-state index in [0.29, 0.717) is 27.7 Å². The van der Waals surface area contributed by atoms with Gasteiger partial charge < -0.3 is 25.4 Å². The molecular formula is C25H22F2N4O4S. The summed E-state index contributed by atoms with van der Waals surface area (Å²) in [5.41, 5.74) is 7.21. The second kappa shape index (κ2) is 8.82. The summed E-state index contributed by atoms with van der Waals surface area (Å²) in [7, 11) is 0. The molecule has 11 heteroatoms. The van der Waals surface area contributed by atoms with Crippen LogP contribution < -0.4 is 15.8 Å². The minimum atomic E-state index is -0.557. The number of nitrogens with two attached hydrogens (primary N) is 1. The second-order valence-electron chi connectivity index (χ2n) is 9.17. The average molecular weight is 513 g/mol. The minimum absolute atomic E-state index is 0.0163. The van der Waals surface area contributed by atoms with Crippen LogP contribution in [0, 0.1) is 17.6 Å². The van der Waals surface area contributed by atoms with Gasteiger partial charge in [-0.05, 0) is 48.6 Å². The maximum Gasteiger partial charge on any atom is 0.274 e. The van der Waals surface area contributed by atoms with E-state index in [1.165, 1.54) is 18.2 Å². The van der Waals surface area contributed by atoms with Crippen molar-refractivity contribution in [1.29, 1.82) is 0 Å². The number of ether oxygens (including phenoxy) is 2. The maximum atomic E-state index is 14.1. The van der Waals surface area contributed by atoms with Gasteiger partial charge in [0.2, 0.25) is 0 Å². The zero-order chi connectivity index (χ0) is 25.0. The molecule has 3 aromatic rings. The van der Waals surface area contributed by atoms with Gasteiger partial charge in [-0.2, -0.15) is 0 Å². The van der Waals surface area contributed by atoms with Gasteiger partial charge in [0.1, 0.15) is 23.1 Å². The number of hydrogen-bond donors (Lipinski definition) is 2. The number of rotatable bonds is 5. The highest BCUT2D eigenvalue weighted by Crippen LogP contribution is 2.49. The lowest BCUT2D eigenvalue weighted by atomic mass is 10.1. The maximum absolute atomic E-state index is 14.1. The van der Waals surface area contributed by atoms with Crippen LogP contribution >= 0.6 is 11.3 Å². The molecule has 0 bridgehead atoms. The predicted octanol–water partition coefficient (Wildman–Crippen LogP) is 3.57. The summed E-state index contributed by atoms with van der Waals surface area (Å²) in [4.78, 5) is 33.2. The molecule has 1 aliphatic carbocycles. The fraction of sp³-hybridized carbons (Fsp3) is 0.320. The Kier molecular flexibility index (Phi) is 5.60. The first-order chi connectivity index (χ1) is 17.4. The lowest BCUT2D eigenvalue weighted by molar-refractivity contribution is -0.0170. The number of nitrogens with one attached hydrogen (secondary N) is 1. The van der Waals surface area contributed by atoms with Crippen LogP contribution in [0.25, 0.3) is 10.4 Å². The number of halogens is 2. The van der Waals surface area contributed by atoms with Crippen molar-refractivity contribution >= 4 is 28.3 Å². The van der Waals surface area contributed by atoms with Crippen molar-refractivity contribution in [3.8, 4) is 16.2 Å². The SMILES string of the molecule is Nc1nc(C(=O)N2[C@H](CNC(=O)c3cc(F)cc4c3OCOC4)C[C@@H]3C[C@@H]32)c(-c2cccc(F)c2)s1. The number of likely N-dealkylation sites (tertiary alicyclic amines) is 1. The molecule has 3 atom stereocenters. The number of thiazole rings is 1. The van der Waals surface area contributed by atoms with Crippen molar-refractivity contribution in [2.45, 2.75) is 31.5 Å². The van der Waals surface area contributed by atoms with Crippen LogP contribution in [0.4, 0.5) is 13.9 Å². The zero-order valence-corrected chi connectivity index (χ0v) is 19.8. The summed E-state index contributed by atoms with van der Waals surface area (Å²) in [5, 5.41) is 3.06. The molecule has 0 unspecified atom stereocenters. The Bertz CT molecular complexity index is 1380. The molecule has 2 amide bonds. The van der Waals surface area contributed by atoms with E-state index in [0.717, 1.165) is 30.2 Å².